The van der Waals surface area contributed by atoms with Crippen LogP contribution in [0.4, 0.5) is 0 Å². The molecule has 8 heteroatoms. The van der Waals surface area contributed by atoms with Crippen molar-refractivity contribution in [2.45, 2.75) is 38.8 Å². The Kier molecular flexibility index (Phi) is 5.55. The second-order valence-electron chi connectivity index (χ2n) is 6.86. The van der Waals surface area contributed by atoms with Crippen LogP contribution in [-0.2, 0) is 14.6 Å². The van der Waals surface area contributed by atoms with Crippen molar-refractivity contribution in [2.75, 3.05) is 18.1 Å². The van der Waals surface area contributed by atoms with E-state index in [9.17, 15) is 18.0 Å². The molecule has 2 atom stereocenters. The Hall–Kier alpha value is -2.35. The smallest absolute Gasteiger partial charge is 0.336 e. The summed E-state index contributed by atoms with van der Waals surface area (Å²) in [5.41, 5.74) is -0.0748. The van der Waals surface area contributed by atoms with Crippen LogP contribution in [0.25, 0.3) is 11.0 Å². The van der Waals surface area contributed by atoms with E-state index in [0.717, 1.165) is 11.8 Å². The Labute approximate surface area is 157 Å². The maximum Gasteiger partial charge on any atom is 0.336 e. The van der Waals surface area contributed by atoms with Gasteiger partial charge in [-0.15, -0.1) is 0 Å². The van der Waals surface area contributed by atoms with E-state index in [4.69, 9.17) is 9.15 Å². The monoisotopic (exact) mass is 393 g/mol. The lowest BCUT2D eigenvalue weighted by Gasteiger charge is -2.33. The highest BCUT2D eigenvalue weighted by Crippen LogP contribution is 2.23. The van der Waals surface area contributed by atoms with E-state index in [2.05, 4.69) is 0 Å². The van der Waals surface area contributed by atoms with Crippen molar-refractivity contribution in [1.29, 1.82) is 0 Å². The van der Waals surface area contributed by atoms with Crippen LogP contribution in [-0.4, -0.2) is 49.4 Å². The van der Waals surface area contributed by atoms with Crippen molar-refractivity contribution in [3.63, 3.8) is 0 Å². The topological polar surface area (TPSA) is 93.9 Å². The maximum atomic E-state index is 12.8. The molecule has 0 radical (unpaired) electrons. The molecular formula is C19H23NO6S. The third kappa shape index (κ3) is 4.50. The molecule has 0 saturated carbocycles. The molecular weight excluding hydrogens is 370 g/mol. The van der Waals surface area contributed by atoms with Crippen molar-refractivity contribution in [2.24, 2.45) is 0 Å². The maximum absolute atomic E-state index is 12.8. The van der Waals surface area contributed by atoms with Crippen molar-refractivity contribution in [1.82, 2.24) is 4.90 Å². The van der Waals surface area contributed by atoms with Crippen LogP contribution < -0.4 is 10.4 Å². The number of hydrogen-bond acceptors (Lipinski definition) is 6. The van der Waals surface area contributed by atoms with Gasteiger partial charge in [0.05, 0.1) is 11.5 Å². The Balaban J connectivity index is 1.73. The van der Waals surface area contributed by atoms with Gasteiger partial charge in [-0.25, -0.2) is 13.2 Å². The summed E-state index contributed by atoms with van der Waals surface area (Å²) in [4.78, 5) is 25.8. The molecule has 0 aliphatic carbocycles. The summed E-state index contributed by atoms with van der Waals surface area (Å²) >= 11 is 0. The number of ether oxygens (including phenoxy) is 1. The molecule has 0 N–H and O–H groups in total. The van der Waals surface area contributed by atoms with Crippen LogP contribution in [0.1, 0.15) is 26.7 Å². The van der Waals surface area contributed by atoms with E-state index < -0.39 is 15.5 Å². The fraction of sp³-hybridized carbons (Fsp3) is 0.474. The number of carbonyl (C=O) groups excluding carboxylic acids is 1. The van der Waals surface area contributed by atoms with Gasteiger partial charge in [0, 0.05) is 29.6 Å². The molecule has 0 unspecified atom stereocenters. The zero-order valence-corrected chi connectivity index (χ0v) is 16.2. The van der Waals surface area contributed by atoms with E-state index >= 15 is 0 Å². The molecule has 1 aliphatic rings. The first-order valence-electron chi connectivity index (χ1n) is 8.97. The molecule has 1 aromatic heterocycles. The summed E-state index contributed by atoms with van der Waals surface area (Å²) in [5.74, 6) is 0.279. The normalized spacial score (nSPS) is 19.7. The van der Waals surface area contributed by atoms with Crippen LogP contribution in [0.15, 0.2) is 39.5 Å². The first-order valence-corrected chi connectivity index (χ1v) is 10.8. The summed E-state index contributed by atoms with van der Waals surface area (Å²) in [7, 11) is -3.09. The minimum absolute atomic E-state index is 0.00418. The number of amides is 1. The predicted molar refractivity (Wildman–Crippen MR) is 102 cm³/mol. The van der Waals surface area contributed by atoms with Gasteiger partial charge in [0.25, 0.3) is 5.91 Å². The van der Waals surface area contributed by atoms with E-state index in [0.29, 0.717) is 17.8 Å². The SMILES string of the molecule is CC[C@H](C)N(C(=O)COc1ccc2ccc(=O)oc2c1)[C@H]1CCS(=O)(=O)C1. The number of rotatable bonds is 6. The lowest BCUT2D eigenvalue weighted by atomic mass is 10.1. The van der Waals surface area contributed by atoms with Crippen molar-refractivity contribution < 1.29 is 22.4 Å². The van der Waals surface area contributed by atoms with Crippen LogP contribution in [0.3, 0.4) is 0 Å². The zero-order chi connectivity index (χ0) is 19.6. The number of nitrogens with zero attached hydrogens (tertiary/aromatic N) is 1. The number of benzene rings is 1. The molecule has 0 spiro atoms. The molecule has 0 bridgehead atoms. The quantitative estimate of drug-likeness (QED) is 0.697. The van der Waals surface area contributed by atoms with E-state index in [-0.39, 0.29) is 36.1 Å². The van der Waals surface area contributed by atoms with Gasteiger partial charge in [0.15, 0.2) is 16.4 Å². The largest absolute Gasteiger partial charge is 0.484 e. The number of carbonyl (C=O) groups is 1. The molecule has 1 saturated heterocycles. The van der Waals surface area contributed by atoms with Crippen LogP contribution in [0, 0.1) is 0 Å². The molecule has 146 valence electrons. The highest BCUT2D eigenvalue weighted by molar-refractivity contribution is 7.91. The van der Waals surface area contributed by atoms with Crippen molar-refractivity contribution in [3.05, 3.63) is 40.8 Å². The summed E-state index contributed by atoms with van der Waals surface area (Å²) in [6.45, 7) is 3.66. The molecule has 1 aromatic carbocycles. The van der Waals surface area contributed by atoms with E-state index in [1.807, 2.05) is 13.8 Å². The summed E-state index contributed by atoms with van der Waals surface area (Å²) in [6, 6.07) is 7.62. The van der Waals surface area contributed by atoms with Crippen LogP contribution in [0.2, 0.25) is 0 Å². The molecule has 1 amide bonds. The van der Waals surface area contributed by atoms with Gasteiger partial charge >= 0.3 is 5.63 Å². The molecule has 2 heterocycles. The molecule has 3 rings (SSSR count). The third-order valence-corrected chi connectivity index (χ3v) is 6.66. The first kappa shape index (κ1) is 19.4. The average Bonchev–Trinajstić information content (AvgIpc) is 2.98. The lowest BCUT2D eigenvalue weighted by molar-refractivity contribution is -0.137. The summed E-state index contributed by atoms with van der Waals surface area (Å²) < 4.78 is 34.3. The second-order valence-corrected chi connectivity index (χ2v) is 9.09. The zero-order valence-electron chi connectivity index (χ0n) is 15.4. The van der Waals surface area contributed by atoms with Crippen molar-refractivity contribution >= 4 is 26.7 Å². The van der Waals surface area contributed by atoms with Gasteiger partial charge in [0.2, 0.25) is 0 Å². The number of sulfone groups is 1. The van der Waals surface area contributed by atoms with Gasteiger partial charge in [-0.3, -0.25) is 4.79 Å². The van der Waals surface area contributed by atoms with Gasteiger partial charge in [-0.05, 0) is 38.0 Å². The number of fused-ring (bicyclic) bond motifs is 1. The van der Waals surface area contributed by atoms with Gasteiger partial charge in [-0.1, -0.05) is 6.92 Å². The fourth-order valence-corrected chi connectivity index (χ4v) is 5.06. The van der Waals surface area contributed by atoms with Gasteiger partial charge < -0.3 is 14.1 Å². The molecule has 7 nitrogen and oxygen atoms in total. The minimum Gasteiger partial charge on any atom is -0.484 e. The minimum atomic E-state index is -3.09. The molecule has 2 aromatic rings. The molecule has 1 fully saturated rings. The Morgan fingerprint density at radius 3 is 2.74 bits per heavy atom. The fourth-order valence-electron chi connectivity index (χ4n) is 3.35. The Morgan fingerprint density at radius 2 is 2.07 bits per heavy atom. The first-order chi connectivity index (χ1) is 12.8. The highest BCUT2D eigenvalue weighted by Gasteiger charge is 2.36. The van der Waals surface area contributed by atoms with Gasteiger partial charge in [-0.2, -0.15) is 0 Å². The second kappa shape index (κ2) is 7.72. The predicted octanol–water partition coefficient (Wildman–Crippen LogP) is 1.99. The van der Waals surface area contributed by atoms with E-state index in [1.165, 1.54) is 6.07 Å². The third-order valence-electron chi connectivity index (χ3n) is 4.91. The van der Waals surface area contributed by atoms with E-state index in [1.54, 1.807) is 29.2 Å². The molecule has 27 heavy (non-hydrogen) atoms. The average molecular weight is 393 g/mol. The number of hydrogen-bond donors (Lipinski definition) is 0. The summed E-state index contributed by atoms with van der Waals surface area (Å²) in [5, 5.41) is 0.755. The lowest BCUT2D eigenvalue weighted by Crippen LogP contribution is -2.48. The van der Waals surface area contributed by atoms with Crippen LogP contribution in [0.5, 0.6) is 5.75 Å². The Morgan fingerprint density at radius 1 is 1.33 bits per heavy atom. The standard InChI is InChI=1S/C19H23NO6S/c1-3-13(2)20(15-8-9-27(23,24)12-15)18(21)11-25-16-6-4-14-5-7-19(22)26-17(14)10-16/h4-7,10,13,15H,3,8-9,11-12H2,1-2H3/t13-,15-/m0/s1. The van der Waals surface area contributed by atoms with Crippen molar-refractivity contribution in [3.8, 4) is 5.75 Å². The Bertz CT molecular complexity index is 997. The van der Waals surface area contributed by atoms with Crippen LogP contribution >= 0.6 is 0 Å². The van der Waals surface area contributed by atoms with Gasteiger partial charge in [0.1, 0.15) is 11.3 Å². The molecule has 1 aliphatic heterocycles. The summed E-state index contributed by atoms with van der Waals surface area (Å²) in [6.07, 6.45) is 1.18. The highest BCUT2D eigenvalue weighted by atomic mass is 32.2.